The molecular weight excluding hydrogens is 549 g/mol. The SMILES string of the molecule is C=C(CN1CCN(CC(=O)N(Cc2cccs2)Cc2cccs2)CC1)N(Cc1cccs1)Cc1cccs1. The molecule has 4 aromatic heterocycles. The fourth-order valence-corrected chi connectivity index (χ4v) is 7.51. The minimum absolute atomic E-state index is 0.211. The zero-order valence-corrected chi connectivity index (χ0v) is 24.8. The van der Waals surface area contributed by atoms with Crippen molar-refractivity contribution in [3.8, 4) is 0 Å². The maximum absolute atomic E-state index is 13.4. The molecule has 0 spiro atoms. The van der Waals surface area contributed by atoms with Crippen molar-refractivity contribution in [1.29, 1.82) is 0 Å². The molecule has 5 nitrogen and oxygen atoms in total. The lowest BCUT2D eigenvalue weighted by molar-refractivity contribution is -0.134. The molecule has 0 saturated carbocycles. The van der Waals surface area contributed by atoms with Crippen molar-refractivity contribution >= 4 is 51.3 Å². The lowest BCUT2D eigenvalue weighted by Crippen LogP contribution is -2.50. The molecular formula is C29H34N4OS4. The third-order valence-corrected chi connectivity index (χ3v) is 10.2. The van der Waals surface area contributed by atoms with Gasteiger partial charge in [-0.15, -0.1) is 45.3 Å². The number of hydrogen-bond donors (Lipinski definition) is 0. The van der Waals surface area contributed by atoms with Gasteiger partial charge in [0.15, 0.2) is 0 Å². The maximum Gasteiger partial charge on any atom is 0.237 e. The molecule has 5 heterocycles. The van der Waals surface area contributed by atoms with Crippen molar-refractivity contribution < 1.29 is 4.79 Å². The minimum atomic E-state index is 0.211. The Morgan fingerprint density at radius 2 is 1.00 bits per heavy atom. The average Bonchev–Trinajstić information content (AvgIpc) is 3.74. The van der Waals surface area contributed by atoms with Gasteiger partial charge in [-0.2, -0.15) is 0 Å². The highest BCUT2D eigenvalue weighted by atomic mass is 32.1. The maximum atomic E-state index is 13.4. The predicted molar refractivity (Wildman–Crippen MR) is 163 cm³/mol. The Hall–Kier alpha value is -2.27. The van der Waals surface area contributed by atoms with E-state index in [9.17, 15) is 4.79 Å². The van der Waals surface area contributed by atoms with Crippen LogP contribution < -0.4 is 0 Å². The summed E-state index contributed by atoms with van der Waals surface area (Å²) in [6.45, 7) is 12.7. The fraction of sp³-hybridized carbons (Fsp3) is 0.345. The molecule has 0 radical (unpaired) electrons. The van der Waals surface area contributed by atoms with Gasteiger partial charge < -0.3 is 9.80 Å². The summed E-state index contributed by atoms with van der Waals surface area (Å²) in [5, 5.41) is 8.45. The van der Waals surface area contributed by atoms with Gasteiger partial charge in [0, 0.05) is 57.9 Å². The van der Waals surface area contributed by atoms with Crippen LogP contribution in [0.2, 0.25) is 0 Å². The van der Waals surface area contributed by atoms with Gasteiger partial charge in [0.25, 0.3) is 0 Å². The summed E-state index contributed by atoms with van der Waals surface area (Å²) in [6, 6.07) is 17.0. The summed E-state index contributed by atoms with van der Waals surface area (Å²) >= 11 is 7.04. The molecule has 9 heteroatoms. The number of amides is 1. The van der Waals surface area contributed by atoms with Crippen molar-refractivity contribution in [2.45, 2.75) is 26.2 Å². The average molecular weight is 583 g/mol. The van der Waals surface area contributed by atoms with E-state index in [4.69, 9.17) is 0 Å². The Labute approximate surface area is 241 Å². The van der Waals surface area contributed by atoms with Gasteiger partial charge >= 0.3 is 0 Å². The van der Waals surface area contributed by atoms with Gasteiger partial charge in [0.2, 0.25) is 5.91 Å². The van der Waals surface area contributed by atoms with Gasteiger partial charge in [0.05, 0.1) is 32.7 Å². The highest BCUT2D eigenvalue weighted by molar-refractivity contribution is 7.10. The summed E-state index contributed by atoms with van der Waals surface area (Å²) in [6.07, 6.45) is 0. The first kappa shape index (κ1) is 27.3. The van der Waals surface area contributed by atoms with E-state index in [-0.39, 0.29) is 5.91 Å². The van der Waals surface area contributed by atoms with Crippen LogP contribution in [-0.2, 0) is 31.0 Å². The van der Waals surface area contributed by atoms with E-state index in [1.807, 2.05) is 4.90 Å². The van der Waals surface area contributed by atoms with Gasteiger partial charge in [-0.25, -0.2) is 0 Å². The van der Waals surface area contributed by atoms with Crippen LogP contribution in [0, 0.1) is 0 Å². The first-order chi connectivity index (χ1) is 18.6. The van der Waals surface area contributed by atoms with Gasteiger partial charge in [-0.1, -0.05) is 30.8 Å². The van der Waals surface area contributed by atoms with Crippen LogP contribution in [0.15, 0.2) is 82.3 Å². The van der Waals surface area contributed by atoms with E-state index < -0.39 is 0 Å². The third-order valence-electron chi connectivity index (χ3n) is 6.74. The molecule has 0 bridgehead atoms. The highest BCUT2D eigenvalue weighted by Crippen LogP contribution is 2.22. The molecule has 200 valence electrons. The number of carbonyl (C=O) groups excluding carboxylic acids is 1. The number of rotatable bonds is 13. The molecule has 0 atom stereocenters. The second-order valence-electron chi connectivity index (χ2n) is 9.54. The highest BCUT2D eigenvalue weighted by Gasteiger charge is 2.24. The van der Waals surface area contributed by atoms with Crippen LogP contribution >= 0.6 is 45.3 Å². The van der Waals surface area contributed by atoms with Gasteiger partial charge in [-0.05, 0) is 45.8 Å². The topological polar surface area (TPSA) is 30.0 Å². The molecule has 0 N–H and O–H groups in total. The normalized spacial score (nSPS) is 14.5. The second-order valence-corrected chi connectivity index (χ2v) is 13.7. The van der Waals surface area contributed by atoms with Crippen LogP contribution in [0.5, 0.6) is 0 Å². The van der Waals surface area contributed by atoms with Crippen LogP contribution in [0.3, 0.4) is 0 Å². The van der Waals surface area contributed by atoms with Crippen LogP contribution in [0.1, 0.15) is 19.5 Å². The molecule has 5 rings (SSSR count). The first-order valence-corrected chi connectivity index (χ1v) is 16.4. The van der Waals surface area contributed by atoms with E-state index in [2.05, 4.69) is 91.3 Å². The Morgan fingerprint density at radius 3 is 1.37 bits per heavy atom. The first-order valence-electron chi connectivity index (χ1n) is 12.9. The van der Waals surface area contributed by atoms with Gasteiger partial charge in [0.1, 0.15) is 0 Å². The molecule has 0 aromatic carbocycles. The number of carbonyl (C=O) groups is 1. The minimum Gasteiger partial charge on any atom is -0.364 e. The number of piperazine rings is 1. The molecule has 4 aromatic rings. The van der Waals surface area contributed by atoms with Crippen molar-refractivity contribution in [3.63, 3.8) is 0 Å². The molecule has 1 saturated heterocycles. The lowest BCUT2D eigenvalue weighted by atomic mass is 10.2. The summed E-state index contributed by atoms with van der Waals surface area (Å²) < 4.78 is 0. The Morgan fingerprint density at radius 1 is 0.632 bits per heavy atom. The second kappa shape index (κ2) is 13.7. The van der Waals surface area contributed by atoms with E-state index in [1.165, 1.54) is 19.5 Å². The number of hydrogen-bond acceptors (Lipinski definition) is 8. The molecule has 1 fully saturated rings. The molecule has 0 aliphatic carbocycles. The van der Waals surface area contributed by atoms with Crippen LogP contribution in [0.4, 0.5) is 0 Å². The summed E-state index contributed by atoms with van der Waals surface area (Å²) in [5.41, 5.74) is 1.16. The standard InChI is InChI=1S/C29H34N4OS4/c1-24(32(19-25-6-2-14-35-25)20-26-7-3-15-36-26)18-30-10-12-31(13-11-30)23-29(34)33(21-27-8-4-16-37-27)22-28-9-5-17-38-28/h2-9,14-17H,1,10-13,18-23H2. The quantitative estimate of drug-likeness (QED) is 0.185. The van der Waals surface area contributed by atoms with Crippen molar-refractivity contribution in [2.75, 3.05) is 39.3 Å². The summed E-state index contributed by atoms with van der Waals surface area (Å²) in [4.78, 5) is 27.8. The zero-order valence-electron chi connectivity index (χ0n) is 21.5. The lowest BCUT2D eigenvalue weighted by Gasteiger charge is -2.37. The monoisotopic (exact) mass is 582 g/mol. The van der Waals surface area contributed by atoms with Crippen molar-refractivity contribution in [2.24, 2.45) is 0 Å². The van der Waals surface area contributed by atoms with E-state index in [1.54, 1.807) is 45.3 Å². The molecule has 0 unspecified atom stereocenters. The van der Waals surface area contributed by atoms with Crippen molar-refractivity contribution in [3.05, 3.63) is 102 Å². The van der Waals surface area contributed by atoms with E-state index in [0.717, 1.165) is 51.5 Å². The van der Waals surface area contributed by atoms with E-state index in [0.29, 0.717) is 19.6 Å². The number of nitrogens with zero attached hydrogens (tertiary/aromatic N) is 4. The number of thiophene rings is 4. The molecule has 1 aliphatic rings. The largest absolute Gasteiger partial charge is 0.364 e. The fourth-order valence-electron chi connectivity index (χ4n) is 4.63. The van der Waals surface area contributed by atoms with Crippen LogP contribution in [-0.4, -0.2) is 64.8 Å². The molecule has 38 heavy (non-hydrogen) atoms. The predicted octanol–water partition coefficient (Wildman–Crippen LogP) is 6.30. The third kappa shape index (κ3) is 7.88. The Balaban J connectivity index is 1.13. The Kier molecular flexibility index (Phi) is 9.83. The Bertz CT molecular complexity index is 1060. The summed E-state index contributed by atoms with van der Waals surface area (Å²) in [5.74, 6) is 0.211. The molecule has 1 amide bonds. The smallest absolute Gasteiger partial charge is 0.237 e. The van der Waals surface area contributed by atoms with E-state index >= 15 is 0 Å². The molecule has 1 aliphatic heterocycles. The van der Waals surface area contributed by atoms with Crippen LogP contribution in [0.25, 0.3) is 0 Å². The van der Waals surface area contributed by atoms with Crippen molar-refractivity contribution in [1.82, 2.24) is 19.6 Å². The zero-order chi connectivity index (χ0) is 26.2. The van der Waals surface area contributed by atoms with Gasteiger partial charge in [-0.3, -0.25) is 14.6 Å². The summed E-state index contributed by atoms with van der Waals surface area (Å²) in [7, 11) is 0.